The third-order valence-electron chi connectivity index (χ3n) is 1.51. The third-order valence-corrected chi connectivity index (χ3v) is 1.51. The standard InChI is InChI=1S/C7H9O6/c1-3(6(10)11)4(7(12)13)2-5(8)9/h3-4H,1-2H2,(H,8,9)(H,10,11)(H,12,13). The summed E-state index contributed by atoms with van der Waals surface area (Å²) in [6, 6.07) is 0. The maximum absolute atomic E-state index is 10.4. The van der Waals surface area contributed by atoms with Gasteiger partial charge in [0.25, 0.3) is 0 Å². The Morgan fingerprint density at radius 2 is 1.54 bits per heavy atom. The second-order valence-electron chi connectivity index (χ2n) is 2.49. The van der Waals surface area contributed by atoms with E-state index in [0.29, 0.717) is 0 Å². The van der Waals surface area contributed by atoms with Crippen LogP contribution >= 0.6 is 0 Å². The minimum absolute atomic E-state index is 0.740. The third kappa shape index (κ3) is 3.55. The minimum atomic E-state index is -1.49. The lowest BCUT2D eigenvalue weighted by Gasteiger charge is -2.13. The van der Waals surface area contributed by atoms with Gasteiger partial charge in [-0.05, 0) is 6.92 Å². The second kappa shape index (κ2) is 4.44. The largest absolute Gasteiger partial charge is 0.481 e. The quantitative estimate of drug-likeness (QED) is 0.547. The summed E-state index contributed by atoms with van der Waals surface area (Å²) in [5.41, 5.74) is 0. The first kappa shape index (κ1) is 11.4. The predicted molar refractivity (Wildman–Crippen MR) is 39.9 cm³/mol. The molecule has 1 radical (unpaired) electrons. The SMILES string of the molecule is [CH2]C(C(=O)O)C(CC(=O)O)C(=O)O. The summed E-state index contributed by atoms with van der Waals surface area (Å²) in [6.07, 6.45) is -0.740. The van der Waals surface area contributed by atoms with Crippen molar-refractivity contribution in [3.63, 3.8) is 0 Å². The summed E-state index contributed by atoms with van der Waals surface area (Å²) < 4.78 is 0. The van der Waals surface area contributed by atoms with Crippen LogP contribution < -0.4 is 0 Å². The van der Waals surface area contributed by atoms with Crippen LogP contribution in [0.2, 0.25) is 0 Å². The number of carboxylic acids is 3. The van der Waals surface area contributed by atoms with Gasteiger partial charge in [0.2, 0.25) is 0 Å². The van der Waals surface area contributed by atoms with E-state index in [9.17, 15) is 14.4 Å². The van der Waals surface area contributed by atoms with Crippen LogP contribution in [0.5, 0.6) is 0 Å². The highest BCUT2D eigenvalue weighted by atomic mass is 16.4. The van der Waals surface area contributed by atoms with Gasteiger partial charge in [0.05, 0.1) is 18.3 Å². The molecule has 6 heteroatoms. The molecule has 2 atom stereocenters. The first-order valence-corrected chi connectivity index (χ1v) is 3.36. The average molecular weight is 189 g/mol. The van der Waals surface area contributed by atoms with Crippen molar-refractivity contribution in [2.24, 2.45) is 11.8 Å². The van der Waals surface area contributed by atoms with Gasteiger partial charge < -0.3 is 15.3 Å². The molecule has 0 aliphatic heterocycles. The Morgan fingerprint density at radius 3 is 1.77 bits per heavy atom. The molecule has 0 fully saturated rings. The van der Waals surface area contributed by atoms with Gasteiger partial charge >= 0.3 is 17.9 Å². The molecule has 0 saturated carbocycles. The molecule has 2 unspecified atom stereocenters. The zero-order valence-electron chi connectivity index (χ0n) is 6.64. The molecular weight excluding hydrogens is 180 g/mol. The molecule has 0 spiro atoms. The van der Waals surface area contributed by atoms with Gasteiger partial charge in [-0.1, -0.05) is 0 Å². The summed E-state index contributed by atoms with van der Waals surface area (Å²) >= 11 is 0. The van der Waals surface area contributed by atoms with Crippen molar-refractivity contribution < 1.29 is 29.7 Å². The van der Waals surface area contributed by atoms with Gasteiger partial charge in [-0.3, -0.25) is 14.4 Å². The maximum atomic E-state index is 10.4. The van der Waals surface area contributed by atoms with Crippen LogP contribution in [0.15, 0.2) is 0 Å². The maximum Gasteiger partial charge on any atom is 0.307 e. The lowest BCUT2D eigenvalue weighted by Crippen LogP contribution is -2.29. The van der Waals surface area contributed by atoms with Gasteiger partial charge in [0.1, 0.15) is 0 Å². The Labute approximate surface area is 73.8 Å². The highest BCUT2D eigenvalue weighted by Crippen LogP contribution is 2.15. The van der Waals surface area contributed by atoms with E-state index in [0.717, 1.165) is 0 Å². The van der Waals surface area contributed by atoms with Crippen LogP contribution in [0.1, 0.15) is 6.42 Å². The highest BCUT2D eigenvalue weighted by molar-refractivity contribution is 5.84. The number of hydrogen-bond acceptors (Lipinski definition) is 3. The summed E-state index contributed by atoms with van der Waals surface area (Å²) in [4.78, 5) is 30.9. The Bertz CT molecular complexity index is 233. The van der Waals surface area contributed by atoms with Crippen LogP contribution in [0.4, 0.5) is 0 Å². The summed E-state index contributed by atoms with van der Waals surface area (Å²) in [6.45, 7) is 3.07. The lowest BCUT2D eigenvalue weighted by atomic mass is 9.91. The van der Waals surface area contributed by atoms with E-state index >= 15 is 0 Å². The van der Waals surface area contributed by atoms with Crippen molar-refractivity contribution in [3.8, 4) is 0 Å². The van der Waals surface area contributed by atoms with Gasteiger partial charge in [0.15, 0.2) is 0 Å². The Kier molecular flexibility index (Phi) is 3.90. The van der Waals surface area contributed by atoms with E-state index in [-0.39, 0.29) is 0 Å². The molecule has 0 bridgehead atoms. The van der Waals surface area contributed by atoms with Gasteiger partial charge in [-0.15, -0.1) is 0 Å². The summed E-state index contributed by atoms with van der Waals surface area (Å²) in [7, 11) is 0. The van der Waals surface area contributed by atoms with Gasteiger partial charge in [0, 0.05) is 0 Å². The molecular formula is C7H9O6. The molecule has 0 heterocycles. The first-order valence-electron chi connectivity index (χ1n) is 3.36. The molecule has 13 heavy (non-hydrogen) atoms. The van der Waals surface area contributed by atoms with Gasteiger partial charge in [-0.2, -0.15) is 0 Å². The molecule has 0 aliphatic carbocycles. The van der Waals surface area contributed by atoms with E-state index in [4.69, 9.17) is 15.3 Å². The highest BCUT2D eigenvalue weighted by Gasteiger charge is 2.31. The van der Waals surface area contributed by atoms with E-state index in [1.165, 1.54) is 0 Å². The molecule has 0 aromatic heterocycles. The molecule has 0 aliphatic rings. The van der Waals surface area contributed by atoms with Crippen molar-refractivity contribution >= 4 is 17.9 Å². The molecule has 3 N–H and O–H groups in total. The first-order chi connectivity index (χ1) is 5.86. The normalized spacial score (nSPS) is 14.5. The molecule has 0 saturated heterocycles. The number of carbonyl (C=O) groups is 3. The molecule has 0 aromatic rings. The zero-order valence-corrected chi connectivity index (χ0v) is 6.64. The molecule has 0 aromatic carbocycles. The Morgan fingerprint density at radius 1 is 1.08 bits per heavy atom. The van der Waals surface area contributed by atoms with Crippen molar-refractivity contribution in [3.05, 3.63) is 6.92 Å². The van der Waals surface area contributed by atoms with Gasteiger partial charge in [-0.25, -0.2) is 0 Å². The number of aliphatic carboxylic acids is 3. The molecule has 73 valence electrons. The van der Waals surface area contributed by atoms with E-state index in [1.807, 2.05) is 0 Å². The Balaban J connectivity index is 4.51. The predicted octanol–water partition coefficient (Wildman–Crippen LogP) is -0.303. The fraction of sp³-hybridized carbons (Fsp3) is 0.429. The summed E-state index contributed by atoms with van der Waals surface area (Å²) in [5, 5.41) is 25.1. The van der Waals surface area contributed by atoms with Crippen LogP contribution in [0, 0.1) is 18.8 Å². The topological polar surface area (TPSA) is 112 Å². The van der Waals surface area contributed by atoms with Crippen LogP contribution in [-0.4, -0.2) is 33.2 Å². The fourth-order valence-electron chi connectivity index (χ4n) is 0.762. The molecule has 0 amide bonds. The van der Waals surface area contributed by atoms with Crippen LogP contribution in [-0.2, 0) is 14.4 Å². The number of carboxylic acid groups (broad SMARTS) is 3. The summed E-state index contributed by atoms with van der Waals surface area (Å²) in [5.74, 6) is -7.19. The number of hydrogen-bond donors (Lipinski definition) is 3. The van der Waals surface area contributed by atoms with Crippen molar-refractivity contribution in [1.82, 2.24) is 0 Å². The minimum Gasteiger partial charge on any atom is -0.481 e. The monoisotopic (exact) mass is 189 g/mol. The second-order valence-corrected chi connectivity index (χ2v) is 2.49. The number of rotatable bonds is 5. The average Bonchev–Trinajstić information content (AvgIpc) is 1.97. The van der Waals surface area contributed by atoms with E-state index in [1.54, 1.807) is 0 Å². The molecule has 0 rings (SSSR count). The molecule has 6 nitrogen and oxygen atoms in total. The zero-order chi connectivity index (χ0) is 10.6. The lowest BCUT2D eigenvalue weighted by molar-refractivity contribution is -0.155. The smallest absolute Gasteiger partial charge is 0.307 e. The van der Waals surface area contributed by atoms with Crippen molar-refractivity contribution in [2.75, 3.05) is 0 Å². The van der Waals surface area contributed by atoms with Crippen LogP contribution in [0.3, 0.4) is 0 Å². The van der Waals surface area contributed by atoms with E-state index in [2.05, 4.69) is 6.92 Å². The fourth-order valence-corrected chi connectivity index (χ4v) is 0.762. The van der Waals surface area contributed by atoms with E-state index < -0.39 is 36.2 Å². The Hall–Kier alpha value is -1.59. The van der Waals surface area contributed by atoms with Crippen molar-refractivity contribution in [1.29, 1.82) is 0 Å². The van der Waals surface area contributed by atoms with Crippen molar-refractivity contribution in [2.45, 2.75) is 6.42 Å². The van der Waals surface area contributed by atoms with Crippen LogP contribution in [0.25, 0.3) is 0 Å².